The molecule has 1 aliphatic carbocycles. The first-order valence-electron chi connectivity index (χ1n) is 9.54. The number of benzene rings is 2. The van der Waals surface area contributed by atoms with Gasteiger partial charge in [-0.25, -0.2) is 13.5 Å². The molecule has 1 aliphatic heterocycles. The molecule has 1 aromatic heterocycles. The van der Waals surface area contributed by atoms with Crippen molar-refractivity contribution in [2.45, 2.75) is 18.4 Å². The highest BCUT2D eigenvalue weighted by atomic mass is 19.1. The third kappa shape index (κ3) is 3.04. The maximum Gasteiger partial charge on any atom is 0.226 e. The highest BCUT2D eigenvalue weighted by Gasteiger charge is 2.43. The van der Waals surface area contributed by atoms with Gasteiger partial charge in [0, 0.05) is 24.1 Å². The third-order valence-corrected chi connectivity index (χ3v) is 5.66. The maximum atomic E-state index is 13.9. The predicted molar refractivity (Wildman–Crippen MR) is 105 cm³/mol. The van der Waals surface area contributed by atoms with Crippen LogP contribution in [-0.4, -0.2) is 27.7 Å². The summed E-state index contributed by atoms with van der Waals surface area (Å²) in [5, 5.41) is 7.38. The van der Waals surface area contributed by atoms with Crippen LogP contribution in [0.3, 0.4) is 0 Å². The molecule has 0 fully saturated rings. The fourth-order valence-corrected chi connectivity index (χ4v) is 4.32. The molecule has 0 unspecified atom stereocenters. The minimum Gasteiger partial charge on any atom is -0.497 e. The van der Waals surface area contributed by atoms with Crippen molar-refractivity contribution in [2.75, 3.05) is 12.4 Å². The third-order valence-electron chi connectivity index (χ3n) is 5.66. The summed E-state index contributed by atoms with van der Waals surface area (Å²) in [5.41, 5.74) is 1.99. The van der Waals surface area contributed by atoms with E-state index in [4.69, 9.17) is 4.74 Å². The average molecular weight is 408 g/mol. The normalized spacial score (nSPS) is 22.6. The lowest BCUT2D eigenvalue weighted by molar-refractivity contribution is -0.123. The van der Waals surface area contributed by atoms with Gasteiger partial charge in [-0.15, -0.1) is 0 Å². The molecule has 0 saturated heterocycles. The molecule has 0 amide bonds. The van der Waals surface area contributed by atoms with Crippen molar-refractivity contribution in [3.05, 3.63) is 83.3 Å². The van der Waals surface area contributed by atoms with Crippen molar-refractivity contribution in [3.63, 3.8) is 0 Å². The fraction of sp³-hybridized carbons (Fsp3) is 0.227. The zero-order valence-corrected chi connectivity index (χ0v) is 16.0. The Hall–Kier alpha value is -3.55. The number of hydrogen-bond donors (Lipinski definition) is 1. The fourth-order valence-electron chi connectivity index (χ4n) is 4.32. The molecular formula is C22H18F2N4O2. The molecule has 5 rings (SSSR count). The van der Waals surface area contributed by atoms with E-state index < -0.39 is 23.6 Å². The summed E-state index contributed by atoms with van der Waals surface area (Å²) in [6.45, 7) is 0. The summed E-state index contributed by atoms with van der Waals surface area (Å²) in [5.74, 6) is -1.02. The zero-order valence-electron chi connectivity index (χ0n) is 16.0. The van der Waals surface area contributed by atoms with E-state index in [1.165, 1.54) is 23.1 Å². The Bertz CT molecular complexity index is 1140. The summed E-state index contributed by atoms with van der Waals surface area (Å²) in [7, 11) is 1.60. The van der Waals surface area contributed by atoms with E-state index in [1.807, 2.05) is 30.3 Å². The van der Waals surface area contributed by atoms with Crippen LogP contribution < -0.4 is 10.1 Å². The molecule has 2 heterocycles. The van der Waals surface area contributed by atoms with E-state index in [1.54, 1.807) is 7.11 Å². The van der Waals surface area contributed by atoms with Crippen LogP contribution in [0.1, 0.15) is 29.5 Å². The Kier molecular flexibility index (Phi) is 4.34. The number of aromatic nitrogens is 3. The van der Waals surface area contributed by atoms with Crippen molar-refractivity contribution in [1.82, 2.24) is 14.8 Å². The SMILES string of the molecule is COc1ccc([C@@H]2C=C3Nc4ncnn4[C@@H](c4cc(F)cc(F)c4)[C@@H]3C(=O)C2)cc1. The summed E-state index contributed by atoms with van der Waals surface area (Å²) in [4.78, 5) is 17.5. The molecule has 2 aliphatic rings. The minimum atomic E-state index is -0.699. The van der Waals surface area contributed by atoms with Gasteiger partial charge in [0.2, 0.25) is 5.95 Å². The summed E-state index contributed by atoms with van der Waals surface area (Å²) >= 11 is 0. The van der Waals surface area contributed by atoms with Crippen molar-refractivity contribution >= 4 is 11.7 Å². The van der Waals surface area contributed by atoms with Gasteiger partial charge in [0.1, 0.15) is 29.5 Å². The van der Waals surface area contributed by atoms with E-state index >= 15 is 0 Å². The number of carbonyl (C=O) groups excluding carboxylic acids is 1. The molecule has 6 nitrogen and oxygen atoms in total. The number of ketones is 1. The standard InChI is InChI=1S/C22H18F2N4O2/c1-30-17-4-2-12(3-5-17)13-8-18-20(19(29)9-13)21(28-22(27-18)25-11-26-28)14-6-15(23)10-16(24)7-14/h2-8,10-11,13,20-21H,9H2,1H3,(H,25,26,27)/t13-,20+,21+/m1/s1. The molecule has 3 aromatic rings. The molecule has 2 aromatic carbocycles. The largest absolute Gasteiger partial charge is 0.497 e. The van der Waals surface area contributed by atoms with E-state index in [0.29, 0.717) is 17.2 Å². The summed E-state index contributed by atoms with van der Waals surface area (Å²) in [6, 6.07) is 10.2. The lowest BCUT2D eigenvalue weighted by Gasteiger charge is -2.38. The zero-order chi connectivity index (χ0) is 20.8. The molecule has 1 N–H and O–H groups in total. The molecular weight excluding hydrogens is 390 g/mol. The van der Waals surface area contributed by atoms with Gasteiger partial charge in [-0.05, 0) is 35.4 Å². The molecule has 0 spiro atoms. The number of fused-ring (bicyclic) bond motifs is 2. The lowest BCUT2D eigenvalue weighted by atomic mass is 9.75. The number of nitrogens with one attached hydrogen (secondary N) is 1. The molecule has 30 heavy (non-hydrogen) atoms. The molecule has 152 valence electrons. The average Bonchev–Trinajstić information content (AvgIpc) is 3.19. The van der Waals surface area contributed by atoms with Gasteiger partial charge >= 0.3 is 0 Å². The number of nitrogens with zero attached hydrogens (tertiary/aromatic N) is 3. The second-order valence-corrected chi connectivity index (χ2v) is 7.45. The number of methoxy groups -OCH3 is 1. The van der Waals surface area contributed by atoms with Crippen LogP contribution in [0, 0.1) is 17.6 Å². The highest BCUT2D eigenvalue weighted by molar-refractivity contribution is 5.88. The number of halogens is 2. The number of allylic oxidation sites excluding steroid dienone is 2. The van der Waals surface area contributed by atoms with E-state index in [9.17, 15) is 13.6 Å². The Labute approximate surface area is 171 Å². The maximum absolute atomic E-state index is 13.9. The summed E-state index contributed by atoms with van der Waals surface area (Å²) < 4.78 is 34.6. The number of hydrogen-bond acceptors (Lipinski definition) is 5. The van der Waals surface area contributed by atoms with Gasteiger partial charge in [0.25, 0.3) is 0 Å². The van der Waals surface area contributed by atoms with Gasteiger partial charge in [-0.2, -0.15) is 10.1 Å². The topological polar surface area (TPSA) is 69.0 Å². The smallest absolute Gasteiger partial charge is 0.226 e. The first kappa shape index (κ1) is 18.5. The van der Waals surface area contributed by atoms with Crippen LogP contribution >= 0.6 is 0 Å². The van der Waals surface area contributed by atoms with Crippen LogP contribution in [0.5, 0.6) is 5.75 Å². The predicted octanol–water partition coefficient (Wildman–Crippen LogP) is 3.84. The lowest BCUT2D eigenvalue weighted by Crippen LogP contribution is -2.40. The highest BCUT2D eigenvalue weighted by Crippen LogP contribution is 2.44. The van der Waals surface area contributed by atoms with Gasteiger partial charge in [-0.1, -0.05) is 18.2 Å². The number of Topliss-reactive ketones (excluding diaryl/α,β-unsaturated/α-hetero) is 1. The van der Waals surface area contributed by atoms with Crippen molar-refractivity contribution in [1.29, 1.82) is 0 Å². The molecule has 0 radical (unpaired) electrons. The van der Waals surface area contributed by atoms with Crippen LogP contribution in [-0.2, 0) is 4.79 Å². The number of anilines is 1. The second-order valence-electron chi connectivity index (χ2n) is 7.45. The quantitative estimate of drug-likeness (QED) is 0.713. The van der Waals surface area contributed by atoms with Crippen molar-refractivity contribution in [2.24, 2.45) is 5.92 Å². The van der Waals surface area contributed by atoms with E-state index in [0.717, 1.165) is 17.4 Å². The molecule has 8 heteroatoms. The van der Waals surface area contributed by atoms with E-state index in [2.05, 4.69) is 15.4 Å². The first-order chi connectivity index (χ1) is 14.5. The van der Waals surface area contributed by atoms with Gasteiger partial charge in [-0.3, -0.25) is 4.79 Å². The Balaban J connectivity index is 1.59. The van der Waals surface area contributed by atoms with Crippen molar-refractivity contribution in [3.8, 4) is 5.75 Å². The summed E-state index contributed by atoms with van der Waals surface area (Å²) in [6.07, 6.45) is 3.63. The van der Waals surface area contributed by atoms with Crippen LogP contribution in [0.4, 0.5) is 14.7 Å². The van der Waals surface area contributed by atoms with Gasteiger partial charge in [0.15, 0.2) is 0 Å². The molecule has 0 bridgehead atoms. The monoisotopic (exact) mass is 408 g/mol. The van der Waals surface area contributed by atoms with Gasteiger partial charge in [0.05, 0.1) is 19.1 Å². The Morgan fingerprint density at radius 2 is 1.83 bits per heavy atom. The van der Waals surface area contributed by atoms with Crippen LogP contribution in [0.15, 0.2) is 60.6 Å². The van der Waals surface area contributed by atoms with Crippen LogP contribution in [0.2, 0.25) is 0 Å². The minimum absolute atomic E-state index is 0.0309. The number of rotatable bonds is 3. The number of carbonyl (C=O) groups is 1. The second kappa shape index (κ2) is 7.05. The molecule has 0 saturated carbocycles. The van der Waals surface area contributed by atoms with E-state index in [-0.39, 0.29) is 18.1 Å². The Morgan fingerprint density at radius 1 is 1.10 bits per heavy atom. The Morgan fingerprint density at radius 3 is 2.53 bits per heavy atom. The van der Waals surface area contributed by atoms with Crippen LogP contribution in [0.25, 0.3) is 0 Å². The molecule has 3 atom stereocenters. The van der Waals surface area contributed by atoms with Gasteiger partial charge < -0.3 is 10.1 Å². The first-order valence-corrected chi connectivity index (χ1v) is 9.54. The van der Waals surface area contributed by atoms with Crippen molar-refractivity contribution < 1.29 is 18.3 Å². The number of ether oxygens (including phenoxy) is 1.